The maximum Gasteiger partial charge on any atom is 0.239 e. The smallest absolute Gasteiger partial charge is 0.239 e. The van der Waals surface area contributed by atoms with Crippen LogP contribution in [0.3, 0.4) is 0 Å². The van der Waals surface area contributed by atoms with E-state index in [0.29, 0.717) is 13.2 Å². The third kappa shape index (κ3) is 5.63. The molecule has 1 N–H and O–H groups in total. The van der Waals surface area contributed by atoms with Gasteiger partial charge in [0, 0.05) is 46.3 Å². The quantitative estimate of drug-likeness (QED) is 0.446. The van der Waals surface area contributed by atoms with E-state index in [1.807, 2.05) is 37.1 Å². The molecule has 1 atom stereocenters. The normalized spacial score (nSPS) is 19.3. The minimum Gasteiger partial charge on any atom is -0.491 e. The van der Waals surface area contributed by atoms with Crippen LogP contribution < -0.4 is 10.1 Å². The van der Waals surface area contributed by atoms with E-state index in [4.69, 9.17) is 4.74 Å². The minimum atomic E-state index is -0.0345. The van der Waals surface area contributed by atoms with Crippen LogP contribution in [0.4, 0.5) is 0 Å². The molecule has 3 rings (SSSR count). The SMILES string of the molecule is CN=C(NCCOc1ccccc1C)N1CCN(C(C)C(=O)N2CCCC2)CC1. The van der Waals surface area contributed by atoms with E-state index < -0.39 is 0 Å². The predicted octanol–water partition coefficient (Wildman–Crippen LogP) is 1.58. The highest BCUT2D eigenvalue weighted by Crippen LogP contribution is 2.16. The van der Waals surface area contributed by atoms with Crippen LogP contribution in [0.1, 0.15) is 25.3 Å². The average molecular weight is 402 g/mol. The van der Waals surface area contributed by atoms with Crippen molar-refractivity contribution in [3.8, 4) is 5.75 Å². The number of hydrogen-bond donors (Lipinski definition) is 1. The highest BCUT2D eigenvalue weighted by atomic mass is 16.5. The fourth-order valence-corrected chi connectivity index (χ4v) is 4.05. The first-order chi connectivity index (χ1) is 14.1. The van der Waals surface area contributed by atoms with Crippen molar-refractivity contribution in [2.45, 2.75) is 32.7 Å². The van der Waals surface area contributed by atoms with Gasteiger partial charge in [-0.15, -0.1) is 0 Å². The van der Waals surface area contributed by atoms with E-state index in [1.54, 1.807) is 0 Å². The number of amides is 1. The number of para-hydroxylation sites is 1. The number of ether oxygens (including phenoxy) is 1. The van der Waals surface area contributed by atoms with Gasteiger partial charge in [-0.25, -0.2) is 0 Å². The van der Waals surface area contributed by atoms with E-state index in [0.717, 1.165) is 69.4 Å². The molecule has 1 unspecified atom stereocenters. The lowest BCUT2D eigenvalue weighted by Crippen LogP contribution is -2.57. The molecule has 0 saturated carbocycles. The zero-order valence-corrected chi connectivity index (χ0v) is 18.1. The first-order valence-corrected chi connectivity index (χ1v) is 10.8. The number of nitrogens with one attached hydrogen (secondary N) is 1. The highest BCUT2D eigenvalue weighted by molar-refractivity contribution is 5.82. The molecule has 29 heavy (non-hydrogen) atoms. The Kier molecular flexibility index (Phi) is 7.75. The molecule has 1 aromatic rings. The lowest BCUT2D eigenvalue weighted by atomic mass is 10.2. The topological polar surface area (TPSA) is 60.4 Å². The van der Waals surface area contributed by atoms with Crippen LogP contribution in [0.25, 0.3) is 0 Å². The monoisotopic (exact) mass is 401 g/mol. The van der Waals surface area contributed by atoms with Crippen LogP contribution in [0.5, 0.6) is 5.75 Å². The number of hydrogen-bond acceptors (Lipinski definition) is 4. The summed E-state index contributed by atoms with van der Waals surface area (Å²) in [4.78, 5) is 23.7. The van der Waals surface area contributed by atoms with E-state index in [2.05, 4.69) is 33.1 Å². The standard InChI is InChI=1S/C22H35N5O2/c1-18-8-4-5-9-20(18)29-17-10-24-22(23-3)27-15-13-25(14-16-27)19(2)21(28)26-11-6-7-12-26/h4-5,8-9,19H,6-7,10-17H2,1-3H3,(H,23,24). The molecule has 7 heteroatoms. The van der Waals surface area contributed by atoms with Gasteiger partial charge < -0.3 is 19.9 Å². The fraction of sp³-hybridized carbons (Fsp3) is 0.636. The van der Waals surface area contributed by atoms with Crippen molar-refractivity contribution in [3.05, 3.63) is 29.8 Å². The molecular weight excluding hydrogens is 366 g/mol. The maximum absolute atomic E-state index is 12.7. The Morgan fingerprint density at radius 1 is 1.10 bits per heavy atom. The Bertz CT molecular complexity index is 694. The summed E-state index contributed by atoms with van der Waals surface area (Å²) in [5, 5.41) is 3.40. The van der Waals surface area contributed by atoms with Crippen molar-refractivity contribution in [1.29, 1.82) is 0 Å². The van der Waals surface area contributed by atoms with Gasteiger partial charge in [-0.3, -0.25) is 14.7 Å². The van der Waals surface area contributed by atoms with Gasteiger partial charge in [0.05, 0.1) is 12.6 Å². The number of guanidine groups is 1. The zero-order chi connectivity index (χ0) is 20.6. The van der Waals surface area contributed by atoms with Crippen molar-refractivity contribution in [1.82, 2.24) is 20.0 Å². The summed E-state index contributed by atoms with van der Waals surface area (Å²) in [6.07, 6.45) is 2.28. The average Bonchev–Trinajstić information content (AvgIpc) is 3.29. The van der Waals surface area contributed by atoms with Crippen molar-refractivity contribution in [3.63, 3.8) is 0 Å². The van der Waals surface area contributed by atoms with Crippen molar-refractivity contribution >= 4 is 11.9 Å². The first kappa shape index (κ1) is 21.4. The largest absolute Gasteiger partial charge is 0.491 e. The minimum absolute atomic E-state index is 0.0345. The summed E-state index contributed by atoms with van der Waals surface area (Å²) >= 11 is 0. The molecule has 0 aromatic heterocycles. The van der Waals surface area contributed by atoms with Crippen molar-refractivity contribution in [2.75, 3.05) is 59.5 Å². The molecule has 1 aromatic carbocycles. The number of nitrogens with zero attached hydrogens (tertiary/aromatic N) is 4. The number of carbonyl (C=O) groups excluding carboxylic acids is 1. The van der Waals surface area contributed by atoms with Crippen LogP contribution in [-0.4, -0.2) is 92.1 Å². The van der Waals surface area contributed by atoms with Crippen LogP contribution in [0.2, 0.25) is 0 Å². The van der Waals surface area contributed by atoms with Crippen LogP contribution in [0, 0.1) is 6.92 Å². The molecule has 0 aliphatic carbocycles. The number of aliphatic imine (C=N–C) groups is 1. The molecule has 7 nitrogen and oxygen atoms in total. The molecular formula is C22H35N5O2. The van der Waals surface area contributed by atoms with Gasteiger partial charge in [0.1, 0.15) is 12.4 Å². The Balaban J connectivity index is 1.40. The summed E-state index contributed by atoms with van der Waals surface area (Å²) < 4.78 is 5.86. The van der Waals surface area contributed by atoms with Crippen LogP contribution >= 0.6 is 0 Å². The van der Waals surface area contributed by atoms with Gasteiger partial charge in [-0.1, -0.05) is 18.2 Å². The van der Waals surface area contributed by atoms with Gasteiger partial charge >= 0.3 is 0 Å². The van der Waals surface area contributed by atoms with Crippen LogP contribution in [-0.2, 0) is 4.79 Å². The fourth-order valence-electron chi connectivity index (χ4n) is 4.05. The molecule has 2 heterocycles. The molecule has 1 amide bonds. The van der Waals surface area contributed by atoms with E-state index in [-0.39, 0.29) is 11.9 Å². The number of rotatable bonds is 6. The summed E-state index contributed by atoms with van der Waals surface area (Å²) in [5.74, 6) is 2.11. The predicted molar refractivity (Wildman–Crippen MR) is 116 cm³/mol. The van der Waals surface area contributed by atoms with Crippen molar-refractivity contribution in [2.24, 2.45) is 4.99 Å². The van der Waals surface area contributed by atoms with E-state index >= 15 is 0 Å². The third-order valence-corrected chi connectivity index (χ3v) is 5.88. The van der Waals surface area contributed by atoms with Gasteiger partial charge in [-0.2, -0.15) is 0 Å². The first-order valence-electron chi connectivity index (χ1n) is 10.8. The molecule has 2 saturated heterocycles. The molecule has 0 bridgehead atoms. The molecule has 160 valence electrons. The number of carbonyl (C=O) groups is 1. The third-order valence-electron chi connectivity index (χ3n) is 5.88. The summed E-state index contributed by atoms with van der Waals surface area (Å²) in [6, 6.07) is 8.02. The molecule has 0 radical (unpaired) electrons. The Labute approximate surface area is 174 Å². The van der Waals surface area contributed by atoms with Crippen molar-refractivity contribution < 1.29 is 9.53 Å². The van der Waals surface area contributed by atoms with Gasteiger partial charge in [0.15, 0.2) is 5.96 Å². The molecule has 2 fully saturated rings. The molecule has 0 spiro atoms. The summed E-state index contributed by atoms with van der Waals surface area (Å²) in [6.45, 7) is 10.7. The number of piperazine rings is 1. The second-order valence-electron chi connectivity index (χ2n) is 7.82. The van der Waals surface area contributed by atoms with Gasteiger partial charge in [0.2, 0.25) is 5.91 Å². The van der Waals surface area contributed by atoms with E-state index in [9.17, 15) is 4.79 Å². The lowest BCUT2D eigenvalue weighted by Gasteiger charge is -2.39. The highest BCUT2D eigenvalue weighted by Gasteiger charge is 2.30. The summed E-state index contributed by atoms with van der Waals surface area (Å²) in [5.41, 5.74) is 1.14. The van der Waals surface area contributed by atoms with Gasteiger partial charge in [0.25, 0.3) is 0 Å². The second kappa shape index (κ2) is 10.5. The zero-order valence-electron chi connectivity index (χ0n) is 18.1. The number of aryl methyl sites for hydroxylation is 1. The second-order valence-corrected chi connectivity index (χ2v) is 7.82. The summed E-state index contributed by atoms with van der Waals surface area (Å²) in [7, 11) is 1.82. The number of likely N-dealkylation sites (tertiary alicyclic amines) is 1. The number of benzene rings is 1. The van der Waals surface area contributed by atoms with E-state index in [1.165, 1.54) is 0 Å². The van der Waals surface area contributed by atoms with Crippen LogP contribution in [0.15, 0.2) is 29.3 Å². The Hall–Kier alpha value is -2.28. The molecule has 2 aliphatic heterocycles. The Morgan fingerprint density at radius 2 is 1.79 bits per heavy atom. The lowest BCUT2D eigenvalue weighted by molar-refractivity contribution is -0.135. The maximum atomic E-state index is 12.7. The molecule has 2 aliphatic rings. The Morgan fingerprint density at radius 3 is 2.45 bits per heavy atom. The van der Waals surface area contributed by atoms with Gasteiger partial charge in [-0.05, 0) is 38.3 Å².